The minimum absolute atomic E-state index is 0.799. The van der Waals surface area contributed by atoms with E-state index in [0.717, 1.165) is 12.5 Å². The van der Waals surface area contributed by atoms with E-state index < -0.39 is 0 Å². The Morgan fingerprint density at radius 3 is 3.11 bits per heavy atom. The second-order valence-electron chi connectivity index (χ2n) is 5.25. The molecule has 2 aromatic heterocycles. The van der Waals surface area contributed by atoms with Crippen LogP contribution in [0, 0.1) is 5.92 Å². The highest BCUT2D eigenvalue weighted by Gasteiger charge is 2.22. The summed E-state index contributed by atoms with van der Waals surface area (Å²) in [7, 11) is 1.99. The highest BCUT2D eigenvalue weighted by atomic mass is 32.1. The van der Waals surface area contributed by atoms with Gasteiger partial charge < -0.3 is 0 Å². The van der Waals surface area contributed by atoms with Gasteiger partial charge in [0.2, 0.25) is 0 Å². The van der Waals surface area contributed by atoms with Crippen LogP contribution >= 0.6 is 11.3 Å². The Bertz CT molecular complexity index is 489. The number of rotatable bonds is 4. The van der Waals surface area contributed by atoms with E-state index in [1.54, 1.807) is 11.3 Å². The van der Waals surface area contributed by atoms with Crippen LogP contribution < -0.4 is 0 Å². The van der Waals surface area contributed by atoms with Crippen LogP contribution in [0.15, 0.2) is 29.2 Å². The van der Waals surface area contributed by atoms with E-state index in [-0.39, 0.29) is 0 Å². The van der Waals surface area contributed by atoms with Gasteiger partial charge >= 0.3 is 0 Å². The number of hydrogen-bond donors (Lipinski definition) is 0. The average Bonchev–Trinajstić information content (AvgIpc) is 3.04. The summed E-state index contributed by atoms with van der Waals surface area (Å²) in [4.78, 5) is 2.57. The topological polar surface area (TPSA) is 21.1 Å². The molecular formula is C14H19N3S. The molecule has 3 rings (SSSR count). The lowest BCUT2D eigenvalue weighted by Crippen LogP contribution is -2.20. The molecule has 1 aliphatic rings. The molecular weight excluding hydrogens is 242 g/mol. The average molecular weight is 261 g/mol. The van der Waals surface area contributed by atoms with Crippen LogP contribution in [0.3, 0.4) is 0 Å². The van der Waals surface area contributed by atoms with E-state index in [1.807, 2.05) is 17.9 Å². The Morgan fingerprint density at radius 1 is 1.44 bits per heavy atom. The third kappa shape index (κ3) is 2.82. The minimum Gasteiger partial charge on any atom is -0.299 e. The third-order valence-corrected chi connectivity index (χ3v) is 4.37. The first-order valence-corrected chi connectivity index (χ1v) is 7.45. The summed E-state index contributed by atoms with van der Waals surface area (Å²) in [5, 5.41) is 8.67. The van der Waals surface area contributed by atoms with Gasteiger partial charge in [0.1, 0.15) is 0 Å². The van der Waals surface area contributed by atoms with Crippen LogP contribution in [-0.2, 0) is 20.0 Å². The Kier molecular flexibility index (Phi) is 3.48. The lowest BCUT2D eigenvalue weighted by atomic mass is 10.0. The Hall–Kier alpha value is -1.13. The highest BCUT2D eigenvalue weighted by Crippen LogP contribution is 2.22. The molecule has 0 amide bonds. The van der Waals surface area contributed by atoms with E-state index >= 15 is 0 Å². The summed E-state index contributed by atoms with van der Waals surface area (Å²) < 4.78 is 1.90. The second kappa shape index (κ2) is 5.24. The fraction of sp³-hybridized carbons (Fsp3) is 0.500. The molecule has 1 atom stereocenters. The standard InChI is InChI=1S/C14H19N3S/c1-16-8-14(7-15-16)6-12-2-4-17(9-12)10-13-3-5-18-11-13/h3,5,7-8,11-12H,2,4,6,9-10H2,1H3. The van der Waals surface area contributed by atoms with Crippen molar-refractivity contribution < 1.29 is 0 Å². The summed E-state index contributed by atoms with van der Waals surface area (Å²) in [6.07, 6.45) is 6.63. The van der Waals surface area contributed by atoms with Gasteiger partial charge in [-0.3, -0.25) is 9.58 Å². The van der Waals surface area contributed by atoms with Crippen molar-refractivity contribution in [3.8, 4) is 0 Å². The molecule has 1 aliphatic heterocycles. The first-order valence-electron chi connectivity index (χ1n) is 6.50. The Morgan fingerprint density at radius 2 is 2.39 bits per heavy atom. The first kappa shape index (κ1) is 11.9. The number of nitrogens with zero attached hydrogens (tertiary/aromatic N) is 3. The van der Waals surface area contributed by atoms with Gasteiger partial charge in [-0.2, -0.15) is 16.4 Å². The summed E-state index contributed by atoms with van der Waals surface area (Å²) in [5.74, 6) is 0.799. The van der Waals surface area contributed by atoms with E-state index in [0.29, 0.717) is 0 Å². The van der Waals surface area contributed by atoms with Crippen LogP contribution in [-0.4, -0.2) is 27.8 Å². The predicted octanol–water partition coefficient (Wildman–Crippen LogP) is 2.55. The van der Waals surface area contributed by atoms with Crippen molar-refractivity contribution in [3.63, 3.8) is 0 Å². The Balaban J connectivity index is 1.52. The molecule has 1 fully saturated rings. The molecule has 0 N–H and O–H groups in total. The number of aryl methyl sites for hydroxylation is 1. The van der Waals surface area contributed by atoms with Crippen molar-refractivity contribution in [1.29, 1.82) is 0 Å². The number of likely N-dealkylation sites (tertiary alicyclic amines) is 1. The Labute approximate surface area is 112 Å². The molecule has 1 unspecified atom stereocenters. The van der Waals surface area contributed by atoms with Gasteiger partial charge in [0.05, 0.1) is 6.20 Å². The van der Waals surface area contributed by atoms with Gasteiger partial charge in [-0.05, 0) is 53.3 Å². The number of hydrogen-bond acceptors (Lipinski definition) is 3. The third-order valence-electron chi connectivity index (χ3n) is 3.64. The van der Waals surface area contributed by atoms with Gasteiger partial charge in [-0.15, -0.1) is 0 Å². The zero-order valence-electron chi connectivity index (χ0n) is 10.7. The van der Waals surface area contributed by atoms with Crippen molar-refractivity contribution in [2.75, 3.05) is 13.1 Å². The van der Waals surface area contributed by atoms with E-state index in [9.17, 15) is 0 Å². The van der Waals surface area contributed by atoms with E-state index in [2.05, 4.69) is 33.0 Å². The van der Waals surface area contributed by atoms with Crippen molar-refractivity contribution in [2.45, 2.75) is 19.4 Å². The maximum Gasteiger partial charge on any atom is 0.0521 e. The van der Waals surface area contributed by atoms with Crippen molar-refractivity contribution >= 4 is 11.3 Å². The molecule has 1 saturated heterocycles. The van der Waals surface area contributed by atoms with Crippen molar-refractivity contribution in [2.24, 2.45) is 13.0 Å². The molecule has 96 valence electrons. The van der Waals surface area contributed by atoms with Crippen LogP contribution in [0.4, 0.5) is 0 Å². The van der Waals surface area contributed by atoms with Crippen LogP contribution in [0.25, 0.3) is 0 Å². The molecule has 0 aliphatic carbocycles. The van der Waals surface area contributed by atoms with Gasteiger partial charge in [0.15, 0.2) is 0 Å². The number of aromatic nitrogens is 2. The monoisotopic (exact) mass is 261 g/mol. The van der Waals surface area contributed by atoms with Crippen molar-refractivity contribution in [1.82, 2.24) is 14.7 Å². The van der Waals surface area contributed by atoms with Gasteiger partial charge in [0, 0.05) is 26.3 Å². The van der Waals surface area contributed by atoms with Crippen LogP contribution in [0.1, 0.15) is 17.5 Å². The molecule has 0 aromatic carbocycles. The quantitative estimate of drug-likeness (QED) is 0.843. The molecule has 0 bridgehead atoms. The molecule has 18 heavy (non-hydrogen) atoms. The van der Waals surface area contributed by atoms with Crippen molar-refractivity contribution in [3.05, 3.63) is 40.3 Å². The molecule has 0 spiro atoms. The summed E-state index contributed by atoms with van der Waals surface area (Å²) in [5.41, 5.74) is 2.84. The maximum absolute atomic E-state index is 4.24. The molecule has 4 heteroatoms. The highest BCUT2D eigenvalue weighted by molar-refractivity contribution is 7.07. The first-order chi connectivity index (χ1) is 8.79. The summed E-state index contributed by atoms with van der Waals surface area (Å²) >= 11 is 1.79. The normalized spacial score (nSPS) is 20.6. The SMILES string of the molecule is Cn1cc(CC2CCN(Cc3ccsc3)C2)cn1. The molecule has 0 radical (unpaired) electrons. The molecule has 3 heterocycles. The van der Waals surface area contributed by atoms with Gasteiger partial charge in [-0.1, -0.05) is 0 Å². The predicted molar refractivity (Wildman–Crippen MR) is 74.6 cm³/mol. The zero-order chi connectivity index (χ0) is 12.4. The lowest BCUT2D eigenvalue weighted by molar-refractivity contribution is 0.317. The van der Waals surface area contributed by atoms with Gasteiger partial charge in [0.25, 0.3) is 0 Å². The van der Waals surface area contributed by atoms with E-state index in [1.165, 1.54) is 37.1 Å². The smallest absolute Gasteiger partial charge is 0.0521 e. The second-order valence-corrected chi connectivity index (χ2v) is 6.03. The van der Waals surface area contributed by atoms with Crippen LogP contribution in [0.5, 0.6) is 0 Å². The van der Waals surface area contributed by atoms with E-state index in [4.69, 9.17) is 0 Å². The zero-order valence-corrected chi connectivity index (χ0v) is 11.6. The maximum atomic E-state index is 4.24. The largest absolute Gasteiger partial charge is 0.299 e. The summed E-state index contributed by atoms with van der Waals surface area (Å²) in [6, 6.07) is 2.24. The van der Waals surface area contributed by atoms with Gasteiger partial charge in [-0.25, -0.2) is 0 Å². The fourth-order valence-electron chi connectivity index (χ4n) is 2.77. The minimum atomic E-state index is 0.799. The fourth-order valence-corrected chi connectivity index (χ4v) is 3.43. The number of thiophene rings is 1. The molecule has 3 nitrogen and oxygen atoms in total. The molecule has 0 saturated carbocycles. The molecule has 2 aromatic rings. The lowest BCUT2D eigenvalue weighted by Gasteiger charge is -2.14. The summed E-state index contributed by atoms with van der Waals surface area (Å²) in [6.45, 7) is 3.58. The van der Waals surface area contributed by atoms with Crippen LogP contribution in [0.2, 0.25) is 0 Å².